The Bertz CT molecular complexity index is 848. The summed E-state index contributed by atoms with van der Waals surface area (Å²) in [4.78, 5) is 10.8. The molecule has 1 heteroatoms. The Kier molecular flexibility index (Phi) is 2.87. The van der Waals surface area contributed by atoms with E-state index < -0.39 is 0 Å². The second-order valence-electron chi connectivity index (χ2n) is 5.64. The summed E-state index contributed by atoms with van der Waals surface area (Å²) in [7, 11) is 0. The van der Waals surface area contributed by atoms with E-state index in [1.807, 2.05) is 24.3 Å². The lowest BCUT2D eigenvalue weighted by Gasteiger charge is -2.15. The van der Waals surface area contributed by atoms with Gasteiger partial charge in [0.25, 0.3) is 0 Å². The molecule has 0 amide bonds. The van der Waals surface area contributed by atoms with Crippen LogP contribution in [-0.2, 0) is 0 Å². The third kappa shape index (κ3) is 1.79. The van der Waals surface area contributed by atoms with Gasteiger partial charge in [0.05, 0.1) is 17.1 Å². The van der Waals surface area contributed by atoms with E-state index in [0.717, 1.165) is 11.8 Å². The maximum absolute atomic E-state index is 10.8. The summed E-state index contributed by atoms with van der Waals surface area (Å²) in [5, 5.41) is 0. The number of fused-ring (bicyclic) bond motifs is 3. The van der Waals surface area contributed by atoms with Gasteiger partial charge in [-0.3, -0.25) is 4.79 Å². The van der Waals surface area contributed by atoms with Crippen LogP contribution < -0.4 is 0 Å². The Labute approximate surface area is 130 Å². The molecule has 2 aromatic carbocycles. The molecule has 0 N–H and O–H groups in total. The predicted octanol–water partition coefficient (Wildman–Crippen LogP) is 4.86. The van der Waals surface area contributed by atoms with Gasteiger partial charge in [-0.2, -0.15) is 0 Å². The van der Waals surface area contributed by atoms with E-state index in [9.17, 15) is 4.79 Å². The smallest absolute Gasteiger partial charge is 0.151 e. The molecule has 2 aliphatic carbocycles. The summed E-state index contributed by atoms with van der Waals surface area (Å²) >= 11 is 0. The second kappa shape index (κ2) is 4.88. The minimum Gasteiger partial charge on any atom is -0.298 e. The third-order valence-electron chi connectivity index (χ3n) is 4.42. The Hall–Kier alpha value is -2.80. The molecule has 0 spiro atoms. The lowest BCUT2D eigenvalue weighted by molar-refractivity contribution is 0.112. The molecular weight excluding hydrogens is 268 g/mol. The fraction of sp³-hybridized carbons (Fsp3) is 0.0476. The maximum atomic E-state index is 10.8. The molecule has 0 radical (unpaired) electrons. The number of carbonyl (C=O) groups is 1. The van der Waals surface area contributed by atoms with Crippen molar-refractivity contribution in [2.45, 2.75) is 6.92 Å². The first-order valence-corrected chi connectivity index (χ1v) is 7.42. The first kappa shape index (κ1) is 12.9. The van der Waals surface area contributed by atoms with Gasteiger partial charge in [0.1, 0.15) is 0 Å². The third-order valence-corrected chi connectivity index (χ3v) is 4.42. The van der Waals surface area contributed by atoms with E-state index in [1.165, 1.54) is 33.8 Å². The largest absolute Gasteiger partial charge is 0.298 e. The minimum atomic E-state index is 0.709. The van der Waals surface area contributed by atoms with Crippen LogP contribution in [0.3, 0.4) is 0 Å². The van der Waals surface area contributed by atoms with E-state index >= 15 is 0 Å². The van der Waals surface area contributed by atoms with E-state index in [1.54, 1.807) is 0 Å². The normalized spacial score (nSPS) is 15.5. The van der Waals surface area contributed by atoms with Crippen LogP contribution in [0.15, 0.2) is 72.3 Å². The van der Waals surface area contributed by atoms with Gasteiger partial charge in [-0.15, -0.1) is 0 Å². The van der Waals surface area contributed by atoms with Gasteiger partial charge in [0, 0.05) is 40.0 Å². The average molecular weight is 283 g/mol. The standard InChI is InChI=1S/C21H15O/c1-14-17-5-2-3-6-19(17)20-8-4-7-18(21(14)20)16-11-9-15(13-22)10-12-16/h2-13H,1H3/q+1. The van der Waals surface area contributed by atoms with Crippen molar-refractivity contribution in [3.05, 3.63) is 101 Å². The molecule has 0 aliphatic heterocycles. The highest BCUT2D eigenvalue weighted by Crippen LogP contribution is 2.48. The molecule has 0 saturated carbocycles. The summed E-state index contributed by atoms with van der Waals surface area (Å²) in [5.74, 6) is 1.23. The molecule has 1 nitrogen and oxygen atoms in total. The van der Waals surface area contributed by atoms with Crippen LogP contribution >= 0.6 is 0 Å². The van der Waals surface area contributed by atoms with Crippen molar-refractivity contribution >= 4 is 17.4 Å². The van der Waals surface area contributed by atoms with Gasteiger partial charge >= 0.3 is 0 Å². The van der Waals surface area contributed by atoms with Crippen molar-refractivity contribution in [3.63, 3.8) is 0 Å². The highest BCUT2D eigenvalue weighted by molar-refractivity contribution is 6.04. The first-order valence-electron chi connectivity index (χ1n) is 7.42. The maximum Gasteiger partial charge on any atom is 0.151 e. The lowest BCUT2D eigenvalue weighted by atomic mass is 9.82. The van der Waals surface area contributed by atoms with E-state index in [2.05, 4.69) is 49.4 Å². The molecule has 0 unspecified atom stereocenters. The van der Waals surface area contributed by atoms with Crippen LogP contribution in [-0.4, -0.2) is 6.29 Å². The Morgan fingerprint density at radius 3 is 2.41 bits per heavy atom. The highest BCUT2D eigenvalue weighted by Gasteiger charge is 2.35. The molecule has 0 aromatic heterocycles. The minimum absolute atomic E-state index is 0.709. The topological polar surface area (TPSA) is 17.1 Å². The quantitative estimate of drug-likeness (QED) is 0.568. The fourth-order valence-corrected chi connectivity index (χ4v) is 3.34. The summed E-state index contributed by atoms with van der Waals surface area (Å²) in [6, 6.07) is 16.3. The van der Waals surface area contributed by atoms with Crippen LogP contribution in [0, 0.1) is 5.92 Å². The highest BCUT2D eigenvalue weighted by atomic mass is 16.1. The van der Waals surface area contributed by atoms with Gasteiger partial charge in [-0.25, -0.2) is 0 Å². The summed E-state index contributed by atoms with van der Waals surface area (Å²) in [6.07, 6.45) is 7.34. The molecule has 22 heavy (non-hydrogen) atoms. The zero-order valence-electron chi connectivity index (χ0n) is 12.3. The molecule has 0 saturated heterocycles. The van der Waals surface area contributed by atoms with Crippen molar-refractivity contribution in [3.8, 4) is 0 Å². The Morgan fingerprint density at radius 1 is 0.955 bits per heavy atom. The van der Waals surface area contributed by atoms with Crippen LogP contribution in [0.25, 0.3) is 11.1 Å². The summed E-state index contributed by atoms with van der Waals surface area (Å²) in [5.41, 5.74) is 8.40. The molecule has 2 aliphatic rings. The number of hydrogen-bond donors (Lipinski definition) is 0. The van der Waals surface area contributed by atoms with Crippen LogP contribution in [0.2, 0.25) is 0 Å². The predicted molar refractivity (Wildman–Crippen MR) is 90.3 cm³/mol. The molecule has 2 aromatic rings. The number of hydrogen-bond acceptors (Lipinski definition) is 1. The van der Waals surface area contributed by atoms with Crippen molar-refractivity contribution in [1.82, 2.24) is 0 Å². The summed E-state index contributed by atoms with van der Waals surface area (Å²) in [6.45, 7) is 2.19. The monoisotopic (exact) mass is 283 g/mol. The zero-order valence-corrected chi connectivity index (χ0v) is 12.3. The second-order valence-corrected chi connectivity index (χ2v) is 5.64. The van der Waals surface area contributed by atoms with E-state index in [0.29, 0.717) is 5.56 Å². The van der Waals surface area contributed by atoms with Crippen molar-refractivity contribution in [2.75, 3.05) is 0 Å². The number of allylic oxidation sites excluding steroid dienone is 6. The number of carbonyl (C=O) groups excluding carboxylic acids is 1. The van der Waals surface area contributed by atoms with Crippen molar-refractivity contribution in [1.29, 1.82) is 0 Å². The van der Waals surface area contributed by atoms with Crippen LogP contribution in [0.1, 0.15) is 34.0 Å². The number of aldehydes is 1. The van der Waals surface area contributed by atoms with Crippen LogP contribution in [0.4, 0.5) is 0 Å². The van der Waals surface area contributed by atoms with Gasteiger partial charge in [-0.05, 0) is 49.4 Å². The SMILES string of the molecule is CC1=C2C(=CC=C[C+]2c2ccc(C=O)cc2)c2ccccc21. The molecule has 0 fully saturated rings. The number of rotatable bonds is 2. The van der Waals surface area contributed by atoms with Crippen LogP contribution in [0.5, 0.6) is 0 Å². The average Bonchev–Trinajstić information content (AvgIpc) is 2.89. The van der Waals surface area contributed by atoms with E-state index in [-0.39, 0.29) is 0 Å². The molecule has 0 heterocycles. The molecule has 4 rings (SSSR count). The molecule has 104 valence electrons. The number of benzene rings is 2. The van der Waals surface area contributed by atoms with Gasteiger partial charge in [0.15, 0.2) is 6.29 Å². The molecular formula is C21H15O+. The molecule has 0 atom stereocenters. The first-order chi connectivity index (χ1) is 10.8. The van der Waals surface area contributed by atoms with Gasteiger partial charge < -0.3 is 0 Å². The lowest BCUT2D eigenvalue weighted by Crippen LogP contribution is -2.04. The van der Waals surface area contributed by atoms with E-state index in [4.69, 9.17) is 0 Å². The van der Waals surface area contributed by atoms with Gasteiger partial charge in [-0.1, -0.05) is 12.1 Å². The Morgan fingerprint density at radius 2 is 1.68 bits per heavy atom. The molecule has 0 bridgehead atoms. The van der Waals surface area contributed by atoms with Gasteiger partial charge in [0.2, 0.25) is 0 Å². The Balaban J connectivity index is 1.84. The zero-order chi connectivity index (χ0) is 15.1. The van der Waals surface area contributed by atoms with Crippen molar-refractivity contribution < 1.29 is 4.79 Å². The van der Waals surface area contributed by atoms with Crippen molar-refractivity contribution in [2.24, 2.45) is 0 Å². The summed E-state index contributed by atoms with van der Waals surface area (Å²) < 4.78 is 0. The fourth-order valence-electron chi connectivity index (χ4n) is 3.34.